The van der Waals surface area contributed by atoms with Crippen molar-refractivity contribution in [3.05, 3.63) is 12.2 Å². The van der Waals surface area contributed by atoms with E-state index < -0.39 is 0 Å². The van der Waals surface area contributed by atoms with Crippen LogP contribution in [0.5, 0.6) is 0 Å². The quantitative estimate of drug-likeness (QED) is 0.655. The lowest BCUT2D eigenvalue weighted by molar-refractivity contribution is 0.0420. The van der Waals surface area contributed by atoms with Crippen LogP contribution < -0.4 is 0 Å². The summed E-state index contributed by atoms with van der Waals surface area (Å²) in [5, 5.41) is 13.4. The highest BCUT2D eigenvalue weighted by Crippen LogP contribution is 1.99. The first-order valence-electron chi connectivity index (χ1n) is 4.32. The molecule has 2 heterocycles. The van der Waals surface area contributed by atoms with Crippen molar-refractivity contribution in [2.24, 2.45) is 0 Å². The first-order valence-corrected chi connectivity index (χ1v) is 4.32. The van der Waals surface area contributed by atoms with E-state index in [-0.39, 0.29) is 0 Å². The van der Waals surface area contributed by atoms with Gasteiger partial charge >= 0.3 is 0 Å². The van der Waals surface area contributed by atoms with Crippen molar-refractivity contribution in [2.75, 3.05) is 32.8 Å². The Morgan fingerprint density at radius 1 is 1.46 bits per heavy atom. The van der Waals surface area contributed by atoms with E-state index in [9.17, 15) is 0 Å². The maximum Gasteiger partial charge on any atom is 0.153 e. The van der Waals surface area contributed by atoms with Crippen LogP contribution in [0.4, 0.5) is 0 Å². The van der Waals surface area contributed by atoms with Crippen LogP contribution in [0, 0.1) is 6.42 Å². The first-order chi connectivity index (χ1) is 6.45. The molecular weight excluding hydrogens is 170 g/mol. The summed E-state index contributed by atoms with van der Waals surface area (Å²) < 4.78 is 5.23. The predicted molar refractivity (Wildman–Crippen MR) is 44.8 cm³/mol. The standard InChI is InChI=1S/C7H12N5O/c1(7-8-10-11-9-7)2-12-3-5-13-6-4-12/h1H,2-6H2,(H,8,9,10,11). The Labute approximate surface area is 76.3 Å². The maximum atomic E-state index is 5.23. The minimum atomic E-state index is 0.728. The number of tetrazole rings is 1. The fraction of sp³-hybridized carbons (Fsp3) is 0.714. The van der Waals surface area contributed by atoms with E-state index in [1.807, 2.05) is 6.42 Å². The summed E-state index contributed by atoms with van der Waals surface area (Å²) in [6.07, 6.45) is 1.98. The number of ether oxygens (including phenoxy) is 1. The summed E-state index contributed by atoms with van der Waals surface area (Å²) in [5.41, 5.74) is 0. The lowest BCUT2D eigenvalue weighted by Gasteiger charge is -2.25. The third-order valence-corrected chi connectivity index (χ3v) is 2.01. The summed E-state index contributed by atoms with van der Waals surface area (Å²) in [6, 6.07) is 0. The molecular formula is C7H12N5O. The number of morpholine rings is 1. The van der Waals surface area contributed by atoms with Gasteiger partial charge < -0.3 is 4.74 Å². The van der Waals surface area contributed by atoms with Crippen LogP contribution in [0.3, 0.4) is 0 Å². The molecule has 1 aliphatic rings. The summed E-state index contributed by atoms with van der Waals surface area (Å²) in [4.78, 5) is 2.30. The van der Waals surface area contributed by atoms with Gasteiger partial charge in [-0.3, -0.25) is 4.90 Å². The fourth-order valence-corrected chi connectivity index (χ4v) is 1.25. The number of nitrogens with one attached hydrogen (secondary N) is 1. The highest BCUT2D eigenvalue weighted by atomic mass is 16.5. The van der Waals surface area contributed by atoms with Crippen molar-refractivity contribution in [1.82, 2.24) is 25.5 Å². The van der Waals surface area contributed by atoms with Crippen LogP contribution >= 0.6 is 0 Å². The SMILES string of the molecule is [CH](CN1CCOCC1)c1nnn[nH]1. The summed E-state index contributed by atoms with van der Waals surface area (Å²) in [5.74, 6) is 0.728. The van der Waals surface area contributed by atoms with Gasteiger partial charge in [-0.15, -0.1) is 5.10 Å². The van der Waals surface area contributed by atoms with E-state index in [1.165, 1.54) is 0 Å². The molecule has 71 valence electrons. The van der Waals surface area contributed by atoms with Gasteiger partial charge in [-0.2, -0.15) is 0 Å². The molecule has 1 fully saturated rings. The predicted octanol–water partition coefficient (Wildman–Crippen LogP) is -0.916. The van der Waals surface area contributed by atoms with E-state index in [2.05, 4.69) is 25.5 Å². The summed E-state index contributed by atoms with van der Waals surface area (Å²) in [6.45, 7) is 4.49. The van der Waals surface area contributed by atoms with Crippen molar-refractivity contribution in [1.29, 1.82) is 0 Å². The Balaban J connectivity index is 1.72. The van der Waals surface area contributed by atoms with Crippen LogP contribution in [-0.4, -0.2) is 58.4 Å². The molecule has 1 aliphatic heterocycles. The monoisotopic (exact) mass is 182 g/mol. The summed E-state index contributed by atoms with van der Waals surface area (Å²) >= 11 is 0. The smallest absolute Gasteiger partial charge is 0.153 e. The van der Waals surface area contributed by atoms with E-state index in [0.29, 0.717) is 0 Å². The Kier molecular flexibility index (Phi) is 2.83. The van der Waals surface area contributed by atoms with Crippen molar-refractivity contribution in [3.63, 3.8) is 0 Å². The van der Waals surface area contributed by atoms with Gasteiger partial charge in [0.2, 0.25) is 0 Å². The molecule has 0 amide bonds. The van der Waals surface area contributed by atoms with E-state index in [1.54, 1.807) is 0 Å². The van der Waals surface area contributed by atoms with Crippen molar-refractivity contribution >= 4 is 0 Å². The van der Waals surface area contributed by atoms with Gasteiger partial charge in [0.1, 0.15) is 0 Å². The van der Waals surface area contributed by atoms with Crippen LogP contribution in [0.1, 0.15) is 5.82 Å². The highest BCUT2D eigenvalue weighted by molar-refractivity contribution is 4.96. The maximum absolute atomic E-state index is 5.23. The average molecular weight is 182 g/mol. The number of hydrogen-bond donors (Lipinski definition) is 1. The second-order valence-corrected chi connectivity index (χ2v) is 2.90. The number of aromatic nitrogens is 4. The molecule has 1 aromatic rings. The van der Waals surface area contributed by atoms with Gasteiger partial charge in [0.15, 0.2) is 5.82 Å². The molecule has 0 bridgehead atoms. The third-order valence-electron chi connectivity index (χ3n) is 2.01. The third kappa shape index (κ3) is 2.46. The largest absolute Gasteiger partial charge is 0.379 e. The van der Waals surface area contributed by atoms with Crippen LogP contribution in [0.2, 0.25) is 0 Å². The van der Waals surface area contributed by atoms with Crippen LogP contribution in [0.15, 0.2) is 0 Å². The average Bonchev–Trinajstić information content (AvgIpc) is 2.69. The minimum absolute atomic E-state index is 0.728. The lowest BCUT2D eigenvalue weighted by atomic mass is 10.3. The second-order valence-electron chi connectivity index (χ2n) is 2.90. The van der Waals surface area contributed by atoms with Gasteiger partial charge in [-0.05, 0) is 10.4 Å². The van der Waals surface area contributed by atoms with Crippen molar-refractivity contribution in [2.45, 2.75) is 0 Å². The molecule has 1 saturated heterocycles. The molecule has 13 heavy (non-hydrogen) atoms. The molecule has 1 aromatic heterocycles. The van der Waals surface area contributed by atoms with Crippen molar-refractivity contribution < 1.29 is 4.74 Å². The normalized spacial score (nSPS) is 19.1. The fourth-order valence-electron chi connectivity index (χ4n) is 1.25. The first kappa shape index (κ1) is 8.58. The molecule has 2 rings (SSSR count). The van der Waals surface area contributed by atoms with Crippen LogP contribution in [-0.2, 0) is 4.74 Å². The van der Waals surface area contributed by atoms with Gasteiger partial charge in [-0.1, -0.05) is 0 Å². The zero-order valence-corrected chi connectivity index (χ0v) is 7.31. The molecule has 0 aliphatic carbocycles. The Morgan fingerprint density at radius 3 is 3.00 bits per heavy atom. The summed E-state index contributed by atoms with van der Waals surface area (Å²) in [7, 11) is 0. The molecule has 0 aromatic carbocycles. The lowest BCUT2D eigenvalue weighted by Crippen LogP contribution is -2.37. The molecule has 0 atom stereocenters. The van der Waals surface area contributed by atoms with Crippen molar-refractivity contribution in [3.8, 4) is 0 Å². The molecule has 0 saturated carbocycles. The van der Waals surface area contributed by atoms with Gasteiger partial charge in [0, 0.05) is 26.1 Å². The van der Waals surface area contributed by atoms with E-state index >= 15 is 0 Å². The van der Waals surface area contributed by atoms with Crippen LogP contribution in [0.25, 0.3) is 0 Å². The number of nitrogens with zero attached hydrogens (tertiary/aromatic N) is 4. The Hall–Kier alpha value is -1.01. The number of aromatic amines is 1. The number of hydrogen-bond acceptors (Lipinski definition) is 5. The minimum Gasteiger partial charge on any atom is -0.379 e. The molecule has 6 heteroatoms. The van der Waals surface area contributed by atoms with Gasteiger partial charge in [0.05, 0.1) is 13.2 Å². The number of rotatable bonds is 3. The molecule has 1 N–H and O–H groups in total. The highest BCUT2D eigenvalue weighted by Gasteiger charge is 2.10. The topological polar surface area (TPSA) is 66.9 Å². The Bertz CT molecular complexity index is 231. The zero-order chi connectivity index (χ0) is 8.93. The van der Waals surface area contributed by atoms with Gasteiger partial charge in [-0.25, -0.2) is 5.10 Å². The Morgan fingerprint density at radius 2 is 2.31 bits per heavy atom. The number of H-pyrrole nitrogens is 1. The second kappa shape index (κ2) is 4.29. The molecule has 6 nitrogen and oxygen atoms in total. The van der Waals surface area contributed by atoms with E-state index in [4.69, 9.17) is 4.74 Å². The molecule has 0 unspecified atom stereocenters. The van der Waals surface area contributed by atoms with Gasteiger partial charge in [0.25, 0.3) is 0 Å². The molecule has 0 spiro atoms. The molecule has 1 radical (unpaired) electrons. The van der Waals surface area contributed by atoms with E-state index in [0.717, 1.165) is 38.7 Å². The zero-order valence-electron chi connectivity index (χ0n) is 7.31.